The monoisotopic (exact) mass is 271 g/mol. The first-order valence-electron chi connectivity index (χ1n) is 7.44. The van der Waals surface area contributed by atoms with Crippen LogP contribution in [0.3, 0.4) is 0 Å². The number of fused-ring (bicyclic) bond motifs is 1. The fourth-order valence-electron chi connectivity index (χ4n) is 2.82. The SMILES string of the molecule is CCN(CC(C)C)C(CN)c1cncc2ccccc12. The van der Waals surface area contributed by atoms with Crippen LogP contribution in [0.1, 0.15) is 32.4 Å². The van der Waals surface area contributed by atoms with Gasteiger partial charge in [0.15, 0.2) is 0 Å². The normalized spacial score (nSPS) is 13.3. The van der Waals surface area contributed by atoms with Gasteiger partial charge in [0.2, 0.25) is 0 Å². The highest BCUT2D eigenvalue weighted by Gasteiger charge is 2.20. The van der Waals surface area contributed by atoms with Crippen LogP contribution in [0.4, 0.5) is 0 Å². The van der Waals surface area contributed by atoms with Crippen molar-refractivity contribution in [3.8, 4) is 0 Å². The lowest BCUT2D eigenvalue weighted by atomic mass is 9.99. The highest BCUT2D eigenvalue weighted by Crippen LogP contribution is 2.27. The number of aromatic nitrogens is 1. The maximum Gasteiger partial charge on any atom is 0.0491 e. The minimum absolute atomic E-state index is 0.237. The van der Waals surface area contributed by atoms with E-state index in [-0.39, 0.29) is 6.04 Å². The zero-order valence-corrected chi connectivity index (χ0v) is 12.7. The lowest BCUT2D eigenvalue weighted by Crippen LogP contribution is -2.36. The predicted molar refractivity (Wildman–Crippen MR) is 85.6 cm³/mol. The third-order valence-electron chi connectivity index (χ3n) is 3.73. The molecule has 1 aromatic carbocycles. The first kappa shape index (κ1) is 14.9. The van der Waals surface area contributed by atoms with Crippen molar-refractivity contribution >= 4 is 10.8 Å². The van der Waals surface area contributed by atoms with Crippen molar-refractivity contribution in [2.45, 2.75) is 26.8 Å². The van der Waals surface area contributed by atoms with E-state index < -0.39 is 0 Å². The molecule has 1 heterocycles. The van der Waals surface area contributed by atoms with Gasteiger partial charge in [0.05, 0.1) is 0 Å². The van der Waals surface area contributed by atoms with Crippen LogP contribution in [0.25, 0.3) is 10.8 Å². The molecule has 0 aliphatic rings. The Morgan fingerprint density at radius 1 is 1.20 bits per heavy atom. The fourth-order valence-corrected chi connectivity index (χ4v) is 2.82. The molecule has 2 aromatic rings. The van der Waals surface area contributed by atoms with E-state index >= 15 is 0 Å². The number of hydrogen-bond donors (Lipinski definition) is 1. The summed E-state index contributed by atoms with van der Waals surface area (Å²) in [6, 6.07) is 8.65. The van der Waals surface area contributed by atoms with Crippen molar-refractivity contribution in [2.24, 2.45) is 11.7 Å². The summed E-state index contributed by atoms with van der Waals surface area (Å²) in [6.07, 6.45) is 3.90. The Morgan fingerprint density at radius 3 is 2.60 bits per heavy atom. The van der Waals surface area contributed by atoms with Crippen LogP contribution >= 0.6 is 0 Å². The van der Waals surface area contributed by atoms with Gasteiger partial charge >= 0.3 is 0 Å². The van der Waals surface area contributed by atoms with Gasteiger partial charge in [-0.15, -0.1) is 0 Å². The van der Waals surface area contributed by atoms with Crippen LogP contribution in [0.15, 0.2) is 36.7 Å². The van der Waals surface area contributed by atoms with Gasteiger partial charge in [-0.05, 0) is 23.4 Å². The molecule has 2 N–H and O–H groups in total. The van der Waals surface area contributed by atoms with E-state index in [1.807, 2.05) is 12.4 Å². The molecule has 1 unspecified atom stereocenters. The van der Waals surface area contributed by atoms with Crippen molar-refractivity contribution in [2.75, 3.05) is 19.6 Å². The molecule has 0 saturated carbocycles. The number of pyridine rings is 1. The Labute approximate surface area is 121 Å². The molecule has 0 aliphatic carbocycles. The number of rotatable bonds is 6. The lowest BCUT2D eigenvalue weighted by Gasteiger charge is -2.32. The van der Waals surface area contributed by atoms with Crippen LogP contribution in [-0.2, 0) is 0 Å². The summed E-state index contributed by atoms with van der Waals surface area (Å²) in [5, 5.41) is 2.45. The summed E-state index contributed by atoms with van der Waals surface area (Å²) in [6.45, 7) is 9.37. The summed E-state index contributed by atoms with van der Waals surface area (Å²) in [4.78, 5) is 6.85. The van der Waals surface area contributed by atoms with Crippen molar-refractivity contribution in [3.05, 3.63) is 42.2 Å². The number of nitrogens with two attached hydrogens (primary N) is 1. The highest BCUT2D eigenvalue weighted by molar-refractivity contribution is 5.85. The molecule has 0 spiro atoms. The number of benzene rings is 1. The second-order valence-corrected chi connectivity index (χ2v) is 5.68. The molecule has 108 valence electrons. The molecule has 20 heavy (non-hydrogen) atoms. The van der Waals surface area contributed by atoms with E-state index in [2.05, 4.69) is 54.9 Å². The van der Waals surface area contributed by atoms with Gasteiger partial charge in [0, 0.05) is 36.9 Å². The number of hydrogen-bond acceptors (Lipinski definition) is 3. The highest BCUT2D eigenvalue weighted by atomic mass is 15.2. The van der Waals surface area contributed by atoms with E-state index in [0.717, 1.165) is 13.1 Å². The molecular formula is C17H25N3. The molecule has 0 amide bonds. The van der Waals surface area contributed by atoms with Crippen LogP contribution in [0.5, 0.6) is 0 Å². The van der Waals surface area contributed by atoms with Gasteiger partial charge in [-0.1, -0.05) is 45.0 Å². The molecule has 1 aromatic heterocycles. The zero-order valence-electron chi connectivity index (χ0n) is 12.7. The molecule has 3 heteroatoms. The van der Waals surface area contributed by atoms with Crippen LogP contribution in [-0.4, -0.2) is 29.5 Å². The summed E-state index contributed by atoms with van der Waals surface area (Å²) < 4.78 is 0. The Hall–Kier alpha value is -1.45. The molecular weight excluding hydrogens is 246 g/mol. The molecule has 0 bridgehead atoms. The minimum atomic E-state index is 0.237. The third kappa shape index (κ3) is 3.17. The second-order valence-electron chi connectivity index (χ2n) is 5.68. The van der Waals surface area contributed by atoms with Crippen molar-refractivity contribution in [1.82, 2.24) is 9.88 Å². The molecule has 0 aliphatic heterocycles. The quantitative estimate of drug-likeness (QED) is 0.877. The molecule has 0 saturated heterocycles. The summed E-state index contributed by atoms with van der Waals surface area (Å²) in [7, 11) is 0. The lowest BCUT2D eigenvalue weighted by molar-refractivity contribution is 0.190. The maximum atomic E-state index is 6.08. The number of likely N-dealkylation sites (N-methyl/N-ethyl adjacent to an activating group) is 1. The Bertz CT molecular complexity index is 545. The van der Waals surface area contributed by atoms with E-state index in [9.17, 15) is 0 Å². The molecule has 2 rings (SSSR count). The van der Waals surface area contributed by atoms with E-state index in [0.29, 0.717) is 12.5 Å². The fraction of sp³-hybridized carbons (Fsp3) is 0.471. The van der Waals surface area contributed by atoms with Crippen LogP contribution in [0, 0.1) is 5.92 Å². The van der Waals surface area contributed by atoms with Gasteiger partial charge < -0.3 is 5.73 Å². The van der Waals surface area contributed by atoms with Gasteiger partial charge in [-0.3, -0.25) is 9.88 Å². The second kappa shape index (κ2) is 6.82. The largest absolute Gasteiger partial charge is 0.329 e. The van der Waals surface area contributed by atoms with Gasteiger partial charge in [0.25, 0.3) is 0 Å². The molecule has 0 radical (unpaired) electrons. The van der Waals surface area contributed by atoms with E-state index in [1.165, 1.54) is 16.3 Å². The van der Waals surface area contributed by atoms with Gasteiger partial charge in [0.1, 0.15) is 0 Å². The average Bonchev–Trinajstić information content (AvgIpc) is 2.46. The Balaban J connectivity index is 2.43. The van der Waals surface area contributed by atoms with Crippen molar-refractivity contribution < 1.29 is 0 Å². The molecule has 0 fully saturated rings. The summed E-state index contributed by atoms with van der Waals surface area (Å²) >= 11 is 0. The zero-order chi connectivity index (χ0) is 14.5. The summed E-state index contributed by atoms with van der Waals surface area (Å²) in [5.74, 6) is 0.631. The first-order valence-corrected chi connectivity index (χ1v) is 7.44. The molecule has 1 atom stereocenters. The van der Waals surface area contributed by atoms with Crippen molar-refractivity contribution in [3.63, 3.8) is 0 Å². The van der Waals surface area contributed by atoms with Crippen molar-refractivity contribution in [1.29, 1.82) is 0 Å². The van der Waals surface area contributed by atoms with Gasteiger partial charge in [-0.2, -0.15) is 0 Å². The maximum absolute atomic E-state index is 6.08. The summed E-state index contributed by atoms with van der Waals surface area (Å²) in [5.41, 5.74) is 7.32. The number of nitrogens with zero attached hydrogens (tertiary/aromatic N) is 2. The minimum Gasteiger partial charge on any atom is -0.329 e. The van der Waals surface area contributed by atoms with Crippen LogP contribution < -0.4 is 5.73 Å². The average molecular weight is 271 g/mol. The van der Waals surface area contributed by atoms with E-state index in [4.69, 9.17) is 5.73 Å². The Kier molecular flexibility index (Phi) is 5.10. The first-order chi connectivity index (χ1) is 9.67. The van der Waals surface area contributed by atoms with Gasteiger partial charge in [-0.25, -0.2) is 0 Å². The molecule has 3 nitrogen and oxygen atoms in total. The van der Waals surface area contributed by atoms with Crippen LogP contribution in [0.2, 0.25) is 0 Å². The van der Waals surface area contributed by atoms with E-state index in [1.54, 1.807) is 0 Å². The standard InChI is InChI=1S/C17H25N3/c1-4-20(12-13(2)3)17(9-18)16-11-19-10-14-7-5-6-8-15(14)16/h5-8,10-11,13,17H,4,9,12,18H2,1-3H3. The third-order valence-corrected chi connectivity index (χ3v) is 3.73. The Morgan fingerprint density at radius 2 is 1.95 bits per heavy atom. The smallest absolute Gasteiger partial charge is 0.0491 e. The predicted octanol–water partition coefficient (Wildman–Crippen LogP) is 3.21. The topological polar surface area (TPSA) is 42.1 Å².